The number of primary amides is 2. The predicted octanol–water partition coefficient (Wildman–Crippen LogP) is 4.69. The van der Waals surface area contributed by atoms with Crippen LogP contribution in [0.5, 0.6) is 0 Å². The second-order valence-corrected chi connectivity index (χ2v) is 10.7. The van der Waals surface area contributed by atoms with Crippen molar-refractivity contribution in [2.75, 3.05) is 11.9 Å². The summed E-state index contributed by atoms with van der Waals surface area (Å²) in [5, 5.41) is 6.71. The summed E-state index contributed by atoms with van der Waals surface area (Å²) in [5.41, 5.74) is 12.6. The monoisotopic (exact) mass is 520 g/mol. The van der Waals surface area contributed by atoms with Gasteiger partial charge in [0.25, 0.3) is 5.91 Å². The average Bonchev–Trinajstić information content (AvgIpc) is 3.43. The van der Waals surface area contributed by atoms with Crippen LogP contribution in [-0.2, 0) is 16.0 Å². The number of benzene rings is 1. The highest BCUT2D eigenvalue weighted by molar-refractivity contribution is 7.20. The maximum absolute atomic E-state index is 12.8. The summed E-state index contributed by atoms with van der Waals surface area (Å²) in [6, 6.07) is 6.05. The smallest absolute Gasteiger partial charge is 0.323 e. The van der Waals surface area contributed by atoms with Gasteiger partial charge in [0.1, 0.15) is 17.1 Å². The van der Waals surface area contributed by atoms with Crippen molar-refractivity contribution in [1.82, 2.24) is 5.32 Å². The zero-order chi connectivity index (χ0) is 25.5. The van der Waals surface area contributed by atoms with Crippen molar-refractivity contribution in [1.29, 1.82) is 0 Å². The van der Waals surface area contributed by atoms with Crippen LogP contribution in [0.3, 0.4) is 0 Å². The Labute approximate surface area is 214 Å². The van der Waals surface area contributed by atoms with Gasteiger partial charge in [0, 0.05) is 16.4 Å². The van der Waals surface area contributed by atoms with Gasteiger partial charge in [-0.15, -0.1) is 11.3 Å². The van der Waals surface area contributed by atoms with Gasteiger partial charge < -0.3 is 21.5 Å². The van der Waals surface area contributed by atoms with Crippen LogP contribution < -0.4 is 22.1 Å². The fourth-order valence-corrected chi connectivity index (χ4v) is 5.48. The predicted molar refractivity (Wildman–Crippen MR) is 140 cm³/mol. The summed E-state index contributed by atoms with van der Waals surface area (Å²) in [6.07, 6.45) is 5.44. The molecule has 1 saturated carbocycles. The van der Waals surface area contributed by atoms with Crippen LogP contribution >= 0.6 is 22.9 Å². The van der Waals surface area contributed by atoms with Crippen LogP contribution in [0, 0.1) is 5.92 Å². The first-order valence-electron chi connectivity index (χ1n) is 11.9. The minimum absolute atomic E-state index is 0.0372. The molecule has 0 saturated heterocycles. The Hall–Kier alpha value is -2.62. The molecule has 0 spiro atoms. The third-order valence-electron chi connectivity index (χ3n) is 5.93. The first kappa shape index (κ1) is 27.0. The number of rotatable bonds is 11. The van der Waals surface area contributed by atoms with Crippen molar-refractivity contribution >= 4 is 45.8 Å². The van der Waals surface area contributed by atoms with Gasteiger partial charge in [-0.1, -0.05) is 31.5 Å². The van der Waals surface area contributed by atoms with Crippen molar-refractivity contribution < 1.29 is 19.1 Å². The lowest BCUT2D eigenvalue weighted by atomic mass is 10.0. The van der Waals surface area contributed by atoms with Crippen molar-refractivity contribution in [3.8, 4) is 10.4 Å². The molecule has 190 valence electrons. The molecule has 8 nitrogen and oxygen atoms in total. The highest BCUT2D eigenvalue weighted by Gasteiger charge is 2.26. The topological polar surface area (TPSA) is 137 Å². The number of amides is 3. The molecular formula is C25H33ClN4O4S. The number of nitrogens with two attached hydrogens (primary N) is 2. The van der Waals surface area contributed by atoms with E-state index >= 15 is 0 Å². The van der Waals surface area contributed by atoms with Crippen molar-refractivity contribution in [2.24, 2.45) is 17.4 Å². The molecule has 3 amide bonds. The summed E-state index contributed by atoms with van der Waals surface area (Å²) < 4.78 is 5.74. The molecular weight excluding hydrogens is 488 g/mol. The Morgan fingerprint density at radius 2 is 1.89 bits per heavy atom. The number of nitrogens with one attached hydrogen (secondary N) is 2. The molecule has 35 heavy (non-hydrogen) atoms. The van der Waals surface area contributed by atoms with E-state index in [2.05, 4.69) is 24.5 Å². The minimum atomic E-state index is -0.772. The highest BCUT2D eigenvalue weighted by atomic mass is 35.5. The number of ether oxygens (including phenoxy) is 1. The molecule has 1 aromatic heterocycles. The van der Waals surface area contributed by atoms with Gasteiger partial charge in [0.05, 0.1) is 5.56 Å². The van der Waals surface area contributed by atoms with Crippen LogP contribution in [0.25, 0.3) is 10.4 Å². The van der Waals surface area contributed by atoms with Crippen LogP contribution in [0.1, 0.15) is 61.9 Å². The Morgan fingerprint density at radius 1 is 1.17 bits per heavy atom. The maximum atomic E-state index is 12.8. The fourth-order valence-electron chi connectivity index (χ4n) is 4.21. The average molecular weight is 521 g/mol. The van der Waals surface area contributed by atoms with Crippen LogP contribution in [0.15, 0.2) is 24.3 Å². The Kier molecular flexibility index (Phi) is 9.54. The van der Waals surface area contributed by atoms with Gasteiger partial charge in [0.2, 0.25) is 0 Å². The number of halogens is 1. The molecule has 1 aliphatic rings. The van der Waals surface area contributed by atoms with E-state index in [0.717, 1.165) is 41.7 Å². The van der Waals surface area contributed by atoms with Crippen LogP contribution in [-0.4, -0.2) is 36.6 Å². The van der Waals surface area contributed by atoms with Gasteiger partial charge in [0.15, 0.2) is 0 Å². The Morgan fingerprint density at radius 3 is 2.51 bits per heavy atom. The normalized spacial score (nSPS) is 14.7. The summed E-state index contributed by atoms with van der Waals surface area (Å²) in [6.45, 7) is 4.72. The number of hydrogen-bond acceptors (Lipinski definition) is 6. The quantitative estimate of drug-likeness (QED) is 0.318. The molecule has 1 aliphatic carbocycles. The molecule has 0 unspecified atom stereocenters. The van der Waals surface area contributed by atoms with Crippen LogP contribution in [0.4, 0.5) is 9.80 Å². The fraction of sp³-hybridized carbons (Fsp3) is 0.480. The number of anilines is 1. The third-order valence-corrected chi connectivity index (χ3v) is 7.39. The lowest BCUT2D eigenvalue weighted by Gasteiger charge is -2.22. The van der Waals surface area contributed by atoms with E-state index in [4.69, 9.17) is 27.8 Å². The van der Waals surface area contributed by atoms with E-state index in [0.29, 0.717) is 35.3 Å². The molecule has 1 fully saturated rings. The molecule has 1 atom stereocenters. The maximum Gasteiger partial charge on any atom is 0.323 e. The van der Waals surface area contributed by atoms with E-state index in [1.54, 1.807) is 12.1 Å². The van der Waals surface area contributed by atoms with Gasteiger partial charge in [-0.2, -0.15) is 0 Å². The second kappa shape index (κ2) is 12.4. The number of urea groups is 1. The SMILES string of the molecule is CC(C)C[C@@H](NCCc1cc(-c2cc(C(N)=O)c(NC(N)=O)s2)ccc1Cl)C(=O)OC1CCCC1. The Balaban J connectivity index is 1.70. The van der Waals surface area contributed by atoms with Crippen molar-refractivity contribution in [2.45, 2.75) is 64.5 Å². The zero-order valence-corrected chi connectivity index (χ0v) is 21.6. The molecule has 0 aliphatic heterocycles. The van der Waals surface area contributed by atoms with Gasteiger partial charge in [-0.3, -0.25) is 14.9 Å². The minimum Gasteiger partial charge on any atom is -0.461 e. The molecule has 10 heteroatoms. The molecule has 2 aromatic rings. The summed E-state index contributed by atoms with van der Waals surface area (Å²) >= 11 is 7.66. The lowest BCUT2D eigenvalue weighted by Crippen LogP contribution is -2.41. The molecule has 0 radical (unpaired) electrons. The molecule has 6 N–H and O–H groups in total. The number of hydrogen-bond donors (Lipinski definition) is 4. The van der Waals surface area contributed by atoms with E-state index < -0.39 is 11.9 Å². The zero-order valence-electron chi connectivity index (χ0n) is 20.1. The summed E-state index contributed by atoms with van der Waals surface area (Å²) in [7, 11) is 0. The third kappa shape index (κ3) is 7.68. The number of esters is 1. The van der Waals surface area contributed by atoms with E-state index in [1.807, 2.05) is 12.1 Å². The van der Waals surface area contributed by atoms with E-state index in [-0.39, 0.29) is 23.7 Å². The first-order valence-corrected chi connectivity index (χ1v) is 13.1. The lowest BCUT2D eigenvalue weighted by molar-refractivity contribution is -0.151. The van der Waals surface area contributed by atoms with Gasteiger partial charge >= 0.3 is 12.0 Å². The van der Waals surface area contributed by atoms with Crippen molar-refractivity contribution in [3.05, 3.63) is 40.4 Å². The molecule has 1 heterocycles. The summed E-state index contributed by atoms with van der Waals surface area (Å²) in [4.78, 5) is 36.6. The van der Waals surface area contributed by atoms with Gasteiger partial charge in [-0.05, 0) is 73.8 Å². The number of thiophene rings is 1. The molecule has 1 aromatic carbocycles. The number of carbonyl (C=O) groups is 3. The van der Waals surface area contributed by atoms with Crippen molar-refractivity contribution in [3.63, 3.8) is 0 Å². The molecule has 3 rings (SSSR count). The number of carbonyl (C=O) groups excluding carboxylic acids is 3. The van der Waals surface area contributed by atoms with Gasteiger partial charge in [-0.25, -0.2) is 4.79 Å². The van der Waals surface area contributed by atoms with E-state index in [9.17, 15) is 14.4 Å². The highest BCUT2D eigenvalue weighted by Crippen LogP contribution is 2.36. The Bertz CT molecular complexity index is 1070. The summed E-state index contributed by atoms with van der Waals surface area (Å²) in [5.74, 6) is -0.496. The molecule has 0 bridgehead atoms. The largest absolute Gasteiger partial charge is 0.461 e. The first-order chi connectivity index (χ1) is 16.6. The van der Waals surface area contributed by atoms with E-state index in [1.165, 1.54) is 11.3 Å². The van der Waals surface area contributed by atoms with Crippen LogP contribution in [0.2, 0.25) is 5.02 Å². The standard InChI is InChI=1S/C25H33ClN4O4S/c1-14(2)11-20(24(32)34-17-5-3-4-6-17)29-10-9-15-12-16(7-8-19(15)26)21-13-18(22(27)31)23(35-21)30-25(28)33/h7-8,12-14,17,20,29H,3-6,9-11H2,1-2H3,(H2,27,31)(H3,28,30,33)/t20-/m1/s1. The second-order valence-electron chi connectivity index (χ2n) is 9.24.